The first-order valence-corrected chi connectivity index (χ1v) is 7.62. The number of carbonyl (C=O) groups excluding carboxylic acids is 1. The van der Waals surface area contributed by atoms with Crippen LogP contribution in [0.1, 0.15) is 31.2 Å². The molecule has 0 atom stereocenters. The number of amides is 1. The second-order valence-electron chi connectivity index (χ2n) is 5.01. The summed E-state index contributed by atoms with van der Waals surface area (Å²) in [5, 5.41) is 0. The van der Waals surface area contributed by atoms with E-state index in [4.69, 9.17) is 0 Å². The van der Waals surface area contributed by atoms with Crippen molar-refractivity contribution in [2.75, 3.05) is 13.6 Å². The molecule has 1 aromatic rings. The third-order valence-electron chi connectivity index (χ3n) is 3.18. The van der Waals surface area contributed by atoms with Crippen molar-refractivity contribution in [2.45, 2.75) is 38.3 Å². The monoisotopic (exact) mass is 365 g/mol. The topological polar surface area (TPSA) is 20.3 Å². The second kappa shape index (κ2) is 8.41. The average molecular weight is 366 g/mol. The minimum absolute atomic E-state index is 0.227. The Bertz CT molecular complexity index is 445. The van der Waals surface area contributed by atoms with Gasteiger partial charge in [-0.15, -0.1) is 0 Å². The van der Waals surface area contributed by atoms with Crippen molar-refractivity contribution >= 4 is 21.8 Å². The molecule has 0 saturated carbocycles. The summed E-state index contributed by atoms with van der Waals surface area (Å²) in [7, 11) is 1.42. The first-order chi connectivity index (χ1) is 9.78. The fraction of sp³-hybridized carbons (Fsp3) is 0.533. The highest BCUT2D eigenvalue weighted by molar-refractivity contribution is 9.10. The number of benzene rings is 1. The van der Waals surface area contributed by atoms with Crippen LogP contribution in [0.4, 0.5) is 13.2 Å². The second-order valence-corrected chi connectivity index (χ2v) is 5.93. The van der Waals surface area contributed by atoms with Crippen LogP contribution in [0.3, 0.4) is 0 Å². The summed E-state index contributed by atoms with van der Waals surface area (Å²) < 4.78 is 37.2. The molecule has 0 radical (unpaired) electrons. The Labute approximate surface area is 131 Å². The Balaban J connectivity index is 2.19. The van der Waals surface area contributed by atoms with Gasteiger partial charge in [-0.3, -0.25) is 4.79 Å². The average Bonchev–Trinajstić information content (AvgIpc) is 2.41. The molecule has 0 heterocycles. The van der Waals surface area contributed by atoms with Crippen molar-refractivity contribution in [3.8, 4) is 0 Å². The summed E-state index contributed by atoms with van der Waals surface area (Å²) in [6, 6.07) is 7.96. The molecule has 0 bridgehead atoms. The number of aryl methyl sites for hydroxylation is 1. The molecule has 0 spiro atoms. The quantitative estimate of drug-likeness (QED) is 0.648. The highest BCUT2D eigenvalue weighted by Crippen LogP contribution is 2.19. The van der Waals surface area contributed by atoms with Crippen LogP contribution < -0.4 is 0 Å². The lowest BCUT2D eigenvalue weighted by Crippen LogP contribution is -2.30. The van der Waals surface area contributed by atoms with Crippen LogP contribution in [-0.4, -0.2) is 30.6 Å². The minimum Gasteiger partial charge on any atom is -0.345 e. The smallest absolute Gasteiger partial charge is 0.345 e. The van der Waals surface area contributed by atoms with Crippen LogP contribution in [0.2, 0.25) is 0 Å². The Morgan fingerprint density at radius 2 is 1.81 bits per heavy atom. The van der Waals surface area contributed by atoms with Crippen molar-refractivity contribution < 1.29 is 18.0 Å². The van der Waals surface area contributed by atoms with Crippen LogP contribution >= 0.6 is 15.9 Å². The third kappa shape index (κ3) is 8.09. The van der Waals surface area contributed by atoms with E-state index in [0.717, 1.165) is 22.2 Å². The number of hydrogen-bond donors (Lipinski definition) is 0. The molecule has 0 aliphatic heterocycles. The molecule has 21 heavy (non-hydrogen) atoms. The van der Waals surface area contributed by atoms with Crippen LogP contribution in [0, 0.1) is 0 Å². The van der Waals surface area contributed by atoms with E-state index < -0.39 is 12.6 Å². The number of carbonyl (C=O) groups is 1. The third-order valence-corrected chi connectivity index (χ3v) is 3.70. The Kier molecular flexibility index (Phi) is 7.22. The summed E-state index contributed by atoms with van der Waals surface area (Å²) in [6.07, 6.45) is -2.46. The number of unbranched alkanes of at least 4 members (excludes halogenated alkanes) is 1. The van der Waals surface area contributed by atoms with Crippen molar-refractivity contribution in [1.29, 1.82) is 0 Å². The van der Waals surface area contributed by atoms with Crippen molar-refractivity contribution in [3.05, 3.63) is 34.3 Å². The molecule has 6 heteroatoms. The maximum absolute atomic E-state index is 12.1. The summed E-state index contributed by atoms with van der Waals surface area (Å²) in [5.41, 5.74) is 1.19. The Morgan fingerprint density at radius 1 is 1.19 bits per heavy atom. The van der Waals surface area contributed by atoms with Crippen LogP contribution in [-0.2, 0) is 11.2 Å². The van der Waals surface area contributed by atoms with Gasteiger partial charge in [-0.1, -0.05) is 28.1 Å². The van der Waals surface area contributed by atoms with Gasteiger partial charge in [0.05, 0.1) is 6.42 Å². The molecule has 0 aliphatic carbocycles. The van der Waals surface area contributed by atoms with Crippen LogP contribution in [0.25, 0.3) is 0 Å². The van der Waals surface area contributed by atoms with Crippen molar-refractivity contribution in [1.82, 2.24) is 4.90 Å². The van der Waals surface area contributed by atoms with Crippen LogP contribution in [0.15, 0.2) is 28.7 Å². The van der Waals surface area contributed by atoms with Crippen molar-refractivity contribution in [2.24, 2.45) is 0 Å². The SMILES string of the molecule is CN(CCC(F)(F)F)C(=O)CCCCc1ccc(Br)cc1. The van der Waals surface area contributed by atoms with Gasteiger partial charge in [0.15, 0.2) is 0 Å². The molecule has 0 saturated heterocycles. The Morgan fingerprint density at radius 3 is 2.38 bits per heavy atom. The van der Waals surface area contributed by atoms with E-state index in [2.05, 4.69) is 15.9 Å². The molecule has 2 nitrogen and oxygen atoms in total. The van der Waals surface area contributed by atoms with E-state index >= 15 is 0 Å². The van der Waals surface area contributed by atoms with E-state index in [0.29, 0.717) is 12.8 Å². The van der Waals surface area contributed by atoms with Gasteiger partial charge in [0.2, 0.25) is 5.91 Å². The van der Waals surface area contributed by atoms with Gasteiger partial charge in [0, 0.05) is 24.5 Å². The largest absolute Gasteiger partial charge is 0.390 e. The maximum Gasteiger partial charge on any atom is 0.390 e. The summed E-state index contributed by atoms with van der Waals surface area (Å²) in [6.45, 7) is -0.269. The minimum atomic E-state index is -4.21. The summed E-state index contributed by atoms with van der Waals surface area (Å²) in [5.74, 6) is -0.227. The van der Waals surface area contributed by atoms with Gasteiger partial charge in [-0.25, -0.2) is 0 Å². The van der Waals surface area contributed by atoms with Crippen LogP contribution in [0.5, 0.6) is 0 Å². The van der Waals surface area contributed by atoms with E-state index in [-0.39, 0.29) is 12.5 Å². The first kappa shape index (κ1) is 18.0. The maximum atomic E-state index is 12.1. The molecule has 0 aromatic heterocycles. The van der Waals surface area contributed by atoms with Gasteiger partial charge in [-0.05, 0) is 37.0 Å². The fourth-order valence-corrected chi connectivity index (χ4v) is 2.13. The molecule has 0 fully saturated rings. The lowest BCUT2D eigenvalue weighted by Gasteiger charge is -2.18. The number of rotatable bonds is 7. The highest BCUT2D eigenvalue weighted by atomic mass is 79.9. The lowest BCUT2D eigenvalue weighted by atomic mass is 10.1. The number of hydrogen-bond acceptors (Lipinski definition) is 1. The van der Waals surface area contributed by atoms with E-state index in [1.54, 1.807) is 0 Å². The molecule has 1 aromatic carbocycles. The fourth-order valence-electron chi connectivity index (χ4n) is 1.87. The molecule has 1 amide bonds. The zero-order chi connectivity index (χ0) is 15.9. The number of nitrogens with zero attached hydrogens (tertiary/aromatic N) is 1. The van der Waals surface area contributed by atoms with Gasteiger partial charge in [0.25, 0.3) is 0 Å². The van der Waals surface area contributed by atoms with E-state index in [1.165, 1.54) is 12.6 Å². The van der Waals surface area contributed by atoms with Gasteiger partial charge in [0.1, 0.15) is 0 Å². The van der Waals surface area contributed by atoms with Gasteiger partial charge >= 0.3 is 6.18 Å². The summed E-state index contributed by atoms with van der Waals surface area (Å²) >= 11 is 3.36. The standard InChI is InChI=1S/C15H19BrF3NO/c1-20(11-10-15(17,18)19)14(21)5-3-2-4-12-6-8-13(16)9-7-12/h6-9H,2-5,10-11H2,1H3. The normalized spacial score (nSPS) is 11.5. The zero-order valence-corrected chi connectivity index (χ0v) is 13.5. The van der Waals surface area contributed by atoms with Crippen molar-refractivity contribution in [3.63, 3.8) is 0 Å². The predicted octanol–water partition coefficient (Wildman–Crippen LogP) is 4.57. The molecule has 1 rings (SSSR count). The molecular formula is C15H19BrF3NO. The molecular weight excluding hydrogens is 347 g/mol. The molecule has 0 aliphatic rings. The van der Waals surface area contributed by atoms with E-state index in [1.807, 2.05) is 24.3 Å². The van der Waals surface area contributed by atoms with E-state index in [9.17, 15) is 18.0 Å². The molecule has 0 N–H and O–H groups in total. The molecule has 118 valence electrons. The van der Waals surface area contributed by atoms with Gasteiger partial charge in [-0.2, -0.15) is 13.2 Å². The zero-order valence-electron chi connectivity index (χ0n) is 11.9. The highest BCUT2D eigenvalue weighted by Gasteiger charge is 2.27. The van der Waals surface area contributed by atoms with Gasteiger partial charge < -0.3 is 4.90 Å². The summed E-state index contributed by atoms with van der Waals surface area (Å²) in [4.78, 5) is 12.8. The predicted molar refractivity (Wildman–Crippen MR) is 80.0 cm³/mol. The first-order valence-electron chi connectivity index (χ1n) is 6.83. The molecule has 0 unspecified atom stereocenters. The number of halogens is 4. The lowest BCUT2D eigenvalue weighted by molar-refractivity contribution is -0.144. The number of alkyl halides is 3. The Hall–Kier alpha value is -1.04.